The number of carbonyl (C=O) groups is 1. The van der Waals surface area contributed by atoms with E-state index in [1.807, 2.05) is 55.5 Å². The molecule has 0 bridgehead atoms. The molecule has 0 aliphatic rings. The molecule has 0 heterocycles. The van der Waals surface area contributed by atoms with Crippen LogP contribution in [0.1, 0.15) is 18.5 Å². The first kappa shape index (κ1) is 15.5. The van der Waals surface area contributed by atoms with Gasteiger partial charge < -0.3 is 15.8 Å². The molecule has 0 aliphatic carbocycles. The maximum absolute atomic E-state index is 11.9. The molecule has 3 N–H and O–H groups in total. The van der Waals surface area contributed by atoms with Gasteiger partial charge >= 0.3 is 0 Å². The van der Waals surface area contributed by atoms with Gasteiger partial charge in [0.25, 0.3) is 5.91 Å². The first-order valence-electron chi connectivity index (χ1n) is 6.59. The van der Waals surface area contributed by atoms with Gasteiger partial charge in [0.15, 0.2) is 6.61 Å². The van der Waals surface area contributed by atoms with Gasteiger partial charge in [-0.15, -0.1) is 0 Å². The largest absolute Gasteiger partial charge is 0.483 e. The number of para-hydroxylation sites is 1. The number of benzene rings is 2. The average Bonchev–Trinajstić information content (AvgIpc) is 2.48. The third-order valence-electron chi connectivity index (χ3n) is 2.90. The summed E-state index contributed by atoms with van der Waals surface area (Å²) in [4.78, 5) is 11.9. The predicted molar refractivity (Wildman–Crippen MR) is 87.3 cm³/mol. The average molecular weight is 349 g/mol. The summed E-state index contributed by atoms with van der Waals surface area (Å²) in [6.45, 7) is 1.82. The van der Waals surface area contributed by atoms with E-state index in [1.165, 1.54) is 0 Å². The summed E-state index contributed by atoms with van der Waals surface area (Å²) in [5.41, 5.74) is 7.49. The summed E-state index contributed by atoms with van der Waals surface area (Å²) in [5.74, 6) is 0.426. The van der Waals surface area contributed by atoms with E-state index < -0.39 is 0 Å². The number of nitrogens with one attached hydrogen (secondary N) is 1. The number of ether oxygens (including phenoxy) is 1. The lowest BCUT2D eigenvalue weighted by molar-refractivity contribution is -0.118. The molecule has 0 radical (unpaired) electrons. The van der Waals surface area contributed by atoms with Gasteiger partial charge in [0, 0.05) is 21.8 Å². The van der Waals surface area contributed by atoms with Crippen molar-refractivity contribution in [3.63, 3.8) is 0 Å². The number of rotatable bonds is 5. The predicted octanol–water partition coefficient (Wildman–Crippen LogP) is 3.49. The van der Waals surface area contributed by atoms with Crippen molar-refractivity contribution >= 4 is 27.5 Å². The van der Waals surface area contributed by atoms with E-state index in [0.29, 0.717) is 5.75 Å². The summed E-state index contributed by atoms with van der Waals surface area (Å²) in [6, 6.07) is 14.7. The first-order chi connectivity index (χ1) is 10.1. The van der Waals surface area contributed by atoms with Gasteiger partial charge in [-0.1, -0.05) is 34.1 Å². The Morgan fingerprint density at radius 3 is 2.57 bits per heavy atom. The van der Waals surface area contributed by atoms with Gasteiger partial charge in [-0.3, -0.25) is 4.79 Å². The lowest BCUT2D eigenvalue weighted by Gasteiger charge is -2.13. The van der Waals surface area contributed by atoms with E-state index >= 15 is 0 Å². The van der Waals surface area contributed by atoms with Crippen LogP contribution in [0, 0.1) is 0 Å². The molecule has 1 amide bonds. The molecule has 1 atom stereocenters. The third-order valence-corrected chi connectivity index (χ3v) is 3.42. The summed E-state index contributed by atoms with van der Waals surface area (Å²) in [6.07, 6.45) is 0. The van der Waals surface area contributed by atoms with Crippen LogP contribution in [0.15, 0.2) is 53.0 Å². The standard InChI is InChI=1S/C16H17BrN2O2/c1-11(18)14-4-2-3-5-15(14)21-10-16(20)19-13-8-6-12(17)7-9-13/h2-9,11H,10,18H2,1H3,(H,19,20). The van der Waals surface area contributed by atoms with Crippen LogP contribution in [0.2, 0.25) is 0 Å². The van der Waals surface area contributed by atoms with Crippen molar-refractivity contribution in [1.82, 2.24) is 0 Å². The Bertz CT molecular complexity index is 612. The maximum Gasteiger partial charge on any atom is 0.262 e. The number of amides is 1. The van der Waals surface area contributed by atoms with Gasteiger partial charge in [-0.2, -0.15) is 0 Å². The zero-order valence-corrected chi connectivity index (χ0v) is 13.3. The second kappa shape index (κ2) is 7.24. The van der Waals surface area contributed by atoms with E-state index in [2.05, 4.69) is 21.2 Å². The van der Waals surface area contributed by atoms with Gasteiger partial charge in [-0.05, 0) is 37.3 Å². The van der Waals surface area contributed by atoms with E-state index in [4.69, 9.17) is 10.5 Å². The number of nitrogens with two attached hydrogens (primary N) is 1. The van der Waals surface area contributed by atoms with Crippen LogP contribution in [-0.2, 0) is 4.79 Å². The highest BCUT2D eigenvalue weighted by molar-refractivity contribution is 9.10. The molecule has 0 saturated heterocycles. The lowest BCUT2D eigenvalue weighted by Crippen LogP contribution is -2.21. The van der Waals surface area contributed by atoms with Crippen LogP contribution in [0.5, 0.6) is 5.75 Å². The lowest BCUT2D eigenvalue weighted by atomic mass is 10.1. The Kier molecular flexibility index (Phi) is 5.36. The molecule has 0 saturated carbocycles. The summed E-state index contributed by atoms with van der Waals surface area (Å²) < 4.78 is 6.52. The topological polar surface area (TPSA) is 64.3 Å². The fraction of sp³-hybridized carbons (Fsp3) is 0.188. The smallest absolute Gasteiger partial charge is 0.262 e. The second-order valence-corrected chi connectivity index (χ2v) is 5.59. The molecule has 0 fully saturated rings. The molecule has 2 aromatic carbocycles. The molecule has 0 aliphatic heterocycles. The first-order valence-corrected chi connectivity index (χ1v) is 7.38. The highest BCUT2D eigenvalue weighted by Gasteiger charge is 2.09. The quantitative estimate of drug-likeness (QED) is 0.869. The molecule has 2 rings (SSSR count). The van der Waals surface area contributed by atoms with Crippen molar-refractivity contribution in [3.8, 4) is 5.75 Å². The van der Waals surface area contributed by atoms with Gasteiger partial charge in [0.05, 0.1) is 0 Å². The Morgan fingerprint density at radius 1 is 1.24 bits per heavy atom. The van der Waals surface area contributed by atoms with Crippen molar-refractivity contribution in [2.45, 2.75) is 13.0 Å². The molecule has 0 spiro atoms. The molecule has 2 aromatic rings. The Balaban J connectivity index is 1.94. The van der Waals surface area contributed by atoms with E-state index in [-0.39, 0.29) is 18.6 Å². The van der Waals surface area contributed by atoms with Crippen molar-refractivity contribution in [1.29, 1.82) is 0 Å². The minimum Gasteiger partial charge on any atom is -0.483 e. The SMILES string of the molecule is CC(N)c1ccccc1OCC(=O)Nc1ccc(Br)cc1. The van der Waals surface area contributed by atoms with E-state index in [0.717, 1.165) is 15.7 Å². The molecular weight excluding hydrogens is 332 g/mol. The molecule has 110 valence electrons. The summed E-state index contributed by atoms with van der Waals surface area (Å²) in [7, 11) is 0. The normalized spacial score (nSPS) is 11.8. The van der Waals surface area contributed by atoms with Crippen LogP contribution in [0.3, 0.4) is 0 Å². The highest BCUT2D eigenvalue weighted by atomic mass is 79.9. The zero-order valence-electron chi connectivity index (χ0n) is 11.7. The Morgan fingerprint density at radius 2 is 1.90 bits per heavy atom. The molecule has 0 aromatic heterocycles. The Hall–Kier alpha value is -1.85. The number of hydrogen-bond acceptors (Lipinski definition) is 3. The number of anilines is 1. The second-order valence-electron chi connectivity index (χ2n) is 4.67. The molecule has 4 nitrogen and oxygen atoms in total. The minimum absolute atomic E-state index is 0.0558. The fourth-order valence-corrected chi connectivity index (χ4v) is 2.13. The van der Waals surface area contributed by atoms with Crippen LogP contribution in [0.4, 0.5) is 5.69 Å². The fourth-order valence-electron chi connectivity index (χ4n) is 1.86. The molecule has 21 heavy (non-hydrogen) atoms. The van der Waals surface area contributed by atoms with Crippen molar-refractivity contribution in [3.05, 3.63) is 58.6 Å². The molecule has 5 heteroatoms. The number of carbonyl (C=O) groups excluding carboxylic acids is 1. The summed E-state index contributed by atoms with van der Waals surface area (Å²) >= 11 is 3.35. The van der Waals surface area contributed by atoms with Crippen LogP contribution < -0.4 is 15.8 Å². The van der Waals surface area contributed by atoms with Gasteiger partial charge in [0.2, 0.25) is 0 Å². The number of halogens is 1. The highest BCUT2D eigenvalue weighted by Crippen LogP contribution is 2.23. The van der Waals surface area contributed by atoms with Crippen molar-refractivity contribution < 1.29 is 9.53 Å². The van der Waals surface area contributed by atoms with Gasteiger partial charge in [0.1, 0.15) is 5.75 Å². The summed E-state index contributed by atoms with van der Waals surface area (Å²) in [5, 5.41) is 2.77. The third kappa shape index (κ3) is 4.58. The number of hydrogen-bond donors (Lipinski definition) is 2. The molecular formula is C16H17BrN2O2. The van der Waals surface area contributed by atoms with E-state index in [9.17, 15) is 4.79 Å². The Labute approximate surface area is 132 Å². The van der Waals surface area contributed by atoms with E-state index in [1.54, 1.807) is 0 Å². The van der Waals surface area contributed by atoms with Crippen LogP contribution in [0.25, 0.3) is 0 Å². The van der Waals surface area contributed by atoms with Crippen molar-refractivity contribution in [2.75, 3.05) is 11.9 Å². The maximum atomic E-state index is 11.9. The monoisotopic (exact) mass is 348 g/mol. The minimum atomic E-state index is -0.211. The zero-order chi connectivity index (χ0) is 15.2. The van der Waals surface area contributed by atoms with Crippen molar-refractivity contribution in [2.24, 2.45) is 5.73 Å². The van der Waals surface area contributed by atoms with Crippen LogP contribution >= 0.6 is 15.9 Å². The van der Waals surface area contributed by atoms with Gasteiger partial charge in [-0.25, -0.2) is 0 Å². The molecule has 1 unspecified atom stereocenters. The van der Waals surface area contributed by atoms with Crippen LogP contribution in [-0.4, -0.2) is 12.5 Å².